The fourth-order valence-corrected chi connectivity index (χ4v) is 4.33. The van der Waals surface area contributed by atoms with Gasteiger partial charge in [-0.05, 0) is 48.2 Å². The molecule has 1 N–H and O–H groups in total. The van der Waals surface area contributed by atoms with Crippen molar-refractivity contribution in [2.45, 2.75) is 32.0 Å². The monoisotopic (exact) mass is 444 g/mol. The van der Waals surface area contributed by atoms with E-state index in [0.29, 0.717) is 24.4 Å². The number of amides is 1. The highest BCUT2D eigenvalue weighted by atomic mass is 19.1. The highest BCUT2D eigenvalue weighted by molar-refractivity contribution is 5.80. The number of carbonyl (C=O) groups excluding carboxylic acids is 1. The second-order valence-electron chi connectivity index (χ2n) is 8.28. The van der Waals surface area contributed by atoms with Crippen molar-refractivity contribution in [1.82, 2.24) is 10.2 Å². The van der Waals surface area contributed by atoms with Gasteiger partial charge in [0.2, 0.25) is 0 Å². The number of nitrogens with zero attached hydrogens (tertiary/aromatic N) is 1. The van der Waals surface area contributed by atoms with Crippen molar-refractivity contribution in [3.8, 4) is 5.75 Å². The molecule has 0 fully saturated rings. The highest BCUT2D eigenvalue weighted by Crippen LogP contribution is 2.38. The van der Waals surface area contributed by atoms with E-state index in [1.54, 1.807) is 19.1 Å². The average Bonchev–Trinajstić information content (AvgIpc) is 2.84. The number of nitrogens with one attached hydrogen (secondary N) is 1. The molecule has 0 unspecified atom stereocenters. The Hall–Kier alpha value is -3.44. The molecule has 1 aliphatic rings. The molecule has 3 aromatic carbocycles. The third-order valence-corrected chi connectivity index (χ3v) is 5.99. The van der Waals surface area contributed by atoms with Gasteiger partial charge in [-0.1, -0.05) is 60.7 Å². The number of hydrogen-bond acceptors (Lipinski definition) is 3. The Balaban J connectivity index is 1.65. The van der Waals surface area contributed by atoms with Crippen LogP contribution >= 0.6 is 0 Å². The van der Waals surface area contributed by atoms with E-state index < -0.39 is 6.10 Å². The molecular weight excluding hydrogens is 415 g/mol. The SMILES string of the molecule is C=CCNC(=O)[C@H](C)Oc1ccc2c(c1)[C@@H](c1ccccc1)N(Cc1ccccc1F)CC2. The van der Waals surface area contributed by atoms with E-state index in [2.05, 4.69) is 35.0 Å². The number of hydrogen-bond donors (Lipinski definition) is 1. The summed E-state index contributed by atoms with van der Waals surface area (Å²) >= 11 is 0. The van der Waals surface area contributed by atoms with Crippen LogP contribution in [0.2, 0.25) is 0 Å². The number of carbonyl (C=O) groups is 1. The lowest BCUT2D eigenvalue weighted by Crippen LogP contribution is -2.37. The summed E-state index contributed by atoms with van der Waals surface area (Å²) in [6.07, 6.45) is 1.87. The van der Waals surface area contributed by atoms with Crippen molar-refractivity contribution in [2.75, 3.05) is 13.1 Å². The van der Waals surface area contributed by atoms with Gasteiger partial charge in [0.25, 0.3) is 5.91 Å². The average molecular weight is 445 g/mol. The molecule has 2 atom stereocenters. The molecule has 0 saturated carbocycles. The minimum Gasteiger partial charge on any atom is -0.481 e. The third-order valence-electron chi connectivity index (χ3n) is 5.99. The second-order valence-corrected chi connectivity index (χ2v) is 8.28. The molecule has 4 rings (SSSR count). The zero-order chi connectivity index (χ0) is 23.2. The maximum absolute atomic E-state index is 14.5. The van der Waals surface area contributed by atoms with E-state index in [0.717, 1.165) is 24.1 Å². The summed E-state index contributed by atoms with van der Waals surface area (Å²) in [7, 11) is 0. The van der Waals surface area contributed by atoms with Crippen molar-refractivity contribution in [2.24, 2.45) is 0 Å². The van der Waals surface area contributed by atoms with Crippen LogP contribution < -0.4 is 10.1 Å². The normalized spacial score (nSPS) is 16.5. The summed E-state index contributed by atoms with van der Waals surface area (Å²) in [6.45, 7) is 7.09. The van der Waals surface area contributed by atoms with Gasteiger partial charge in [0.1, 0.15) is 11.6 Å². The molecule has 4 nitrogen and oxygen atoms in total. The quantitative estimate of drug-likeness (QED) is 0.495. The molecule has 0 radical (unpaired) electrons. The first-order chi connectivity index (χ1) is 16.1. The van der Waals surface area contributed by atoms with Gasteiger partial charge in [0, 0.05) is 25.2 Å². The van der Waals surface area contributed by atoms with E-state index >= 15 is 0 Å². The van der Waals surface area contributed by atoms with Crippen LogP contribution in [-0.2, 0) is 17.8 Å². The smallest absolute Gasteiger partial charge is 0.261 e. The van der Waals surface area contributed by atoms with E-state index in [-0.39, 0.29) is 17.8 Å². The largest absolute Gasteiger partial charge is 0.481 e. The second kappa shape index (κ2) is 10.5. The summed E-state index contributed by atoms with van der Waals surface area (Å²) in [5.74, 6) is 0.267. The van der Waals surface area contributed by atoms with Crippen LogP contribution in [0.25, 0.3) is 0 Å². The molecule has 33 heavy (non-hydrogen) atoms. The molecule has 0 aliphatic carbocycles. The fraction of sp³-hybridized carbons (Fsp3) is 0.250. The van der Waals surface area contributed by atoms with Crippen LogP contribution in [0.15, 0.2) is 85.5 Å². The number of ether oxygens (including phenoxy) is 1. The Bertz CT molecular complexity index is 1120. The summed E-state index contributed by atoms with van der Waals surface area (Å²) < 4.78 is 20.4. The molecule has 1 amide bonds. The molecule has 1 aliphatic heterocycles. The predicted molar refractivity (Wildman–Crippen MR) is 129 cm³/mol. The number of halogens is 1. The van der Waals surface area contributed by atoms with E-state index in [9.17, 15) is 9.18 Å². The Labute approximate surface area is 194 Å². The molecule has 1 heterocycles. The van der Waals surface area contributed by atoms with Gasteiger partial charge in [-0.15, -0.1) is 6.58 Å². The van der Waals surface area contributed by atoms with E-state index in [1.165, 1.54) is 11.6 Å². The lowest BCUT2D eigenvalue weighted by molar-refractivity contribution is -0.127. The summed E-state index contributed by atoms with van der Waals surface area (Å²) in [5, 5.41) is 2.76. The van der Waals surface area contributed by atoms with Gasteiger partial charge in [0.15, 0.2) is 6.10 Å². The van der Waals surface area contributed by atoms with E-state index in [1.807, 2.05) is 42.5 Å². The topological polar surface area (TPSA) is 41.6 Å². The number of benzene rings is 3. The van der Waals surface area contributed by atoms with Crippen LogP contribution in [0.3, 0.4) is 0 Å². The van der Waals surface area contributed by atoms with Crippen molar-refractivity contribution in [3.05, 3.63) is 114 Å². The van der Waals surface area contributed by atoms with Crippen LogP contribution in [0.4, 0.5) is 4.39 Å². The molecule has 3 aromatic rings. The van der Waals surface area contributed by atoms with Crippen molar-refractivity contribution in [3.63, 3.8) is 0 Å². The van der Waals surface area contributed by atoms with Gasteiger partial charge in [0.05, 0.1) is 6.04 Å². The standard InChI is InChI=1S/C28H29FN2O2/c1-3-16-30-28(32)20(2)33-24-14-13-21-15-17-31(19-23-11-7-8-12-26(23)29)27(25(21)18-24)22-9-5-4-6-10-22/h3-14,18,20,27H,1,15-17,19H2,2H3,(H,30,32)/t20-,27+/m0/s1. The lowest BCUT2D eigenvalue weighted by Gasteiger charge is -2.38. The van der Waals surface area contributed by atoms with Gasteiger partial charge in [-0.3, -0.25) is 9.69 Å². The van der Waals surface area contributed by atoms with Gasteiger partial charge in [-0.2, -0.15) is 0 Å². The maximum Gasteiger partial charge on any atom is 0.261 e. The predicted octanol–water partition coefficient (Wildman–Crippen LogP) is 5.04. The minimum atomic E-state index is -0.628. The number of fused-ring (bicyclic) bond motifs is 1. The van der Waals surface area contributed by atoms with Crippen molar-refractivity contribution < 1.29 is 13.9 Å². The summed E-state index contributed by atoms with van der Waals surface area (Å²) in [5.41, 5.74) is 4.19. The first-order valence-electron chi connectivity index (χ1n) is 11.3. The van der Waals surface area contributed by atoms with Crippen molar-refractivity contribution >= 4 is 5.91 Å². The van der Waals surface area contributed by atoms with E-state index in [4.69, 9.17) is 4.74 Å². The first-order valence-corrected chi connectivity index (χ1v) is 11.3. The maximum atomic E-state index is 14.5. The highest BCUT2D eigenvalue weighted by Gasteiger charge is 2.30. The minimum absolute atomic E-state index is 0.0389. The van der Waals surface area contributed by atoms with Crippen LogP contribution in [0.5, 0.6) is 5.75 Å². The molecule has 0 aromatic heterocycles. The molecule has 0 saturated heterocycles. The zero-order valence-electron chi connectivity index (χ0n) is 18.8. The van der Waals surface area contributed by atoms with Crippen LogP contribution in [0, 0.1) is 5.82 Å². The zero-order valence-corrected chi connectivity index (χ0v) is 18.8. The molecule has 5 heteroatoms. The Morgan fingerprint density at radius 3 is 2.70 bits per heavy atom. The Morgan fingerprint density at radius 2 is 1.94 bits per heavy atom. The Kier molecular flexibility index (Phi) is 7.20. The summed E-state index contributed by atoms with van der Waals surface area (Å²) in [4.78, 5) is 14.5. The lowest BCUT2D eigenvalue weighted by atomic mass is 9.87. The van der Waals surface area contributed by atoms with Crippen LogP contribution in [0.1, 0.15) is 35.2 Å². The fourth-order valence-electron chi connectivity index (χ4n) is 4.33. The van der Waals surface area contributed by atoms with Gasteiger partial charge >= 0.3 is 0 Å². The first kappa shape index (κ1) is 22.7. The molecule has 170 valence electrons. The van der Waals surface area contributed by atoms with Gasteiger partial charge in [-0.25, -0.2) is 4.39 Å². The Morgan fingerprint density at radius 1 is 1.18 bits per heavy atom. The van der Waals surface area contributed by atoms with Crippen molar-refractivity contribution in [1.29, 1.82) is 0 Å². The number of rotatable bonds is 8. The molecule has 0 spiro atoms. The van der Waals surface area contributed by atoms with Crippen LogP contribution in [-0.4, -0.2) is 30.0 Å². The van der Waals surface area contributed by atoms with Gasteiger partial charge < -0.3 is 10.1 Å². The third kappa shape index (κ3) is 5.32. The molecular formula is C28H29FN2O2. The molecule has 0 bridgehead atoms. The summed E-state index contributed by atoms with van der Waals surface area (Å²) in [6, 6.07) is 23.2.